The lowest BCUT2D eigenvalue weighted by molar-refractivity contribution is -0.118. The maximum absolute atomic E-state index is 13.8. The second-order valence-corrected chi connectivity index (χ2v) is 5.59. The molecule has 2 rings (SSSR count). The standard InChI is InChI=1S/C16H14BrF2NO/c1-20(15-7-6-12(17)10-14(15)19)16(21)8-5-11-3-2-4-13(18)9-11/h2-4,6-7,9-10H,5,8H2,1H3. The van der Waals surface area contributed by atoms with Crippen molar-refractivity contribution in [1.82, 2.24) is 0 Å². The fraction of sp³-hybridized carbons (Fsp3) is 0.188. The van der Waals surface area contributed by atoms with Crippen LogP contribution in [0.25, 0.3) is 0 Å². The smallest absolute Gasteiger partial charge is 0.227 e. The largest absolute Gasteiger partial charge is 0.313 e. The first kappa shape index (κ1) is 15.6. The Bertz CT molecular complexity index is 660. The molecule has 0 saturated heterocycles. The van der Waals surface area contributed by atoms with Crippen molar-refractivity contribution in [3.63, 3.8) is 0 Å². The van der Waals surface area contributed by atoms with E-state index in [1.54, 1.807) is 24.3 Å². The average molecular weight is 354 g/mol. The highest BCUT2D eigenvalue weighted by Crippen LogP contribution is 2.23. The lowest BCUT2D eigenvalue weighted by atomic mass is 10.1. The van der Waals surface area contributed by atoms with E-state index in [2.05, 4.69) is 15.9 Å². The summed E-state index contributed by atoms with van der Waals surface area (Å²) in [5.41, 5.74) is 0.968. The van der Waals surface area contributed by atoms with Crippen molar-refractivity contribution >= 4 is 27.5 Å². The maximum Gasteiger partial charge on any atom is 0.227 e. The SMILES string of the molecule is CN(C(=O)CCc1cccc(F)c1)c1ccc(Br)cc1F. The Hall–Kier alpha value is -1.75. The predicted octanol–water partition coefficient (Wildman–Crippen LogP) is 4.32. The molecule has 0 atom stereocenters. The van der Waals surface area contributed by atoms with E-state index in [-0.39, 0.29) is 23.8 Å². The van der Waals surface area contributed by atoms with E-state index in [0.29, 0.717) is 10.9 Å². The van der Waals surface area contributed by atoms with Gasteiger partial charge < -0.3 is 4.90 Å². The molecule has 110 valence electrons. The highest BCUT2D eigenvalue weighted by Gasteiger charge is 2.15. The van der Waals surface area contributed by atoms with E-state index < -0.39 is 5.82 Å². The Morgan fingerprint density at radius 1 is 1.19 bits per heavy atom. The third kappa shape index (κ3) is 4.11. The number of rotatable bonds is 4. The number of aryl methyl sites for hydroxylation is 1. The minimum absolute atomic E-state index is 0.190. The summed E-state index contributed by atoms with van der Waals surface area (Å²) in [5, 5.41) is 0. The Kier molecular flexibility index (Phi) is 5.07. The van der Waals surface area contributed by atoms with Crippen LogP contribution in [-0.2, 0) is 11.2 Å². The molecule has 0 heterocycles. The molecule has 21 heavy (non-hydrogen) atoms. The van der Waals surface area contributed by atoms with Crippen molar-refractivity contribution in [2.24, 2.45) is 0 Å². The summed E-state index contributed by atoms with van der Waals surface area (Å²) in [4.78, 5) is 13.4. The van der Waals surface area contributed by atoms with Crippen molar-refractivity contribution in [2.75, 3.05) is 11.9 Å². The van der Waals surface area contributed by atoms with Gasteiger partial charge in [-0.25, -0.2) is 8.78 Å². The van der Waals surface area contributed by atoms with Gasteiger partial charge in [-0.15, -0.1) is 0 Å². The van der Waals surface area contributed by atoms with Crippen LogP contribution >= 0.6 is 15.9 Å². The van der Waals surface area contributed by atoms with Crippen molar-refractivity contribution in [3.8, 4) is 0 Å². The third-order valence-electron chi connectivity index (χ3n) is 3.16. The topological polar surface area (TPSA) is 20.3 Å². The fourth-order valence-corrected chi connectivity index (χ4v) is 2.33. The molecule has 2 aromatic carbocycles. The monoisotopic (exact) mass is 353 g/mol. The van der Waals surface area contributed by atoms with Crippen molar-refractivity contribution in [1.29, 1.82) is 0 Å². The van der Waals surface area contributed by atoms with Crippen LogP contribution < -0.4 is 4.90 Å². The minimum atomic E-state index is -0.467. The number of halogens is 3. The van der Waals surface area contributed by atoms with Crippen LogP contribution in [-0.4, -0.2) is 13.0 Å². The van der Waals surface area contributed by atoms with Gasteiger partial charge in [0, 0.05) is 17.9 Å². The number of amides is 1. The van der Waals surface area contributed by atoms with Crippen molar-refractivity contribution < 1.29 is 13.6 Å². The second-order valence-electron chi connectivity index (χ2n) is 4.68. The molecule has 0 radical (unpaired) electrons. The minimum Gasteiger partial charge on any atom is -0.313 e. The zero-order chi connectivity index (χ0) is 15.4. The van der Waals surface area contributed by atoms with E-state index in [1.807, 2.05) is 0 Å². The summed E-state index contributed by atoms with van der Waals surface area (Å²) in [6.45, 7) is 0. The van der Waals surface area contributed by atoms with Crippen LogP contribution in [0.3, 0.4) is 0 Å². The number of hydrogen-bond acceptors (Lipinski definition) is 1. The first-order valence-corrected chi connectivity index (χ1v) is 7.23. The van der Waals surface area contributed by atoms with Gasteiger partial charge in [0.15, 0.2) is 0 Å². The molecule has 0 saturated carbocycles. The summed E-state index contributed by atoms with van der Waals surface area (Å²) in [5.74, 6) is -1.02. The van der Waals surface area contributed by atoms with Crippen LogP contribution in [0.5, 0.6) is 0 Å². The molecule has 0 spiro atoms. The summed E-state index contributed by atoms with van der Waals surface area (Å²) in [6, 6.07) is 10.6. The van der Waals surface area contributed by atoms with Gasteiger partial charge in [0.1, 0.15) is 11.6 Å². The lowest BCUT2D eigenvalue weighted by Gasteiger charge is -2.18. The first-order chi connectivity index (χ1) is 9.97. The van der Waals surface area contributed by atoms with Crippen LogP contribution in [0.1, 0.15) is 12.0 Å². The number of carbonyl (C=O) groups is 1. The van der Waals surface area contributed by atoms with E-state index in [1.165, 1.54) is 30.1 Å². The highest BCUT2D eigenvalue weighted by atomic mass is 79.9. The normalized spacial score (nSPS) is 10.5. The maximum atomic E-state index is 13.8. The molecule has 0 aromatic heterocycles. The van der Waals surface area contributed by atoms with E-state index in [4.69, 9.17) is 0 Å². The Balaban J connectivity index is 2.02. The van der Waals surface area contributed by atoms with Crippen LogP contribution in [0, 0.1) is 11.6 Å². The molecular weight excluding hydrogens is 340 g/mol. The molecule has 2 aromatic rings. The van der Waals surface area contributed by atoms with E-state index in [0.717, 1.165) is 5.56 Å². The Morgan fingerprint density at radius 3 is 2.62 bits per heavy atom. The molecule has 0 fully saturated rings. The summed E-state index contributed by atoms with van der Waals surface area (Å²) < 4.78 is 27.5. The van der Waals surface area contributed by atoms with Crippen molar-refractivity contribution in [2.45, 2.75) is 12.8 Å². The summed E-state index contributed by atoms with van der Waals surface area (Å²) in [7, 11) is 1.53. The molecule has 0 N–H and O–H groups in total. The van der Waals surface area contributed by atoms with Gasteiger partial charge >= 0.3 is 0 Å². The number of nitrogens with zero attached hydrogens (tertiary/aromatic N) is 1. The Labute approximate surface area is 130 Å². The van der Waals surface area contributed by atoms with Crippen LogP contribution in [0.15, 0.2) is 46.9 Å². The summed E-state index contributed by atoms with van der Waals surface area (Å²) in [6.07, 6.45) is 0.606. The highest BCUT2D eigenvalue weighted by molar-refractivity contribution is 9.10. The van der Waals surface area contributed by atoms with Crippen LogP contribution in [0.2, 0.25) is 0 Å². The zero-order valence-corrected chi connectivity index (χ0v) is 13.0. The molecule has 0 aliphatic rings. The van der Waals surface area contributed by atoms with Gasteiger partial charge in [-0.05, 0) is 42.3 Å². The lowest BCUT2D eigenvalue weighted by Crippen LogP contribution is -2.27. The number of hydrogen-bond donors (Lipinski definition) is 0. The third-order valence-corrected chi connectivity index (χ3v) is 3.66. The molecular formula is C16H14BrF2NO. The molecule has 0 unspecified atom stereocenters. The molecule has 1 amide bonds. The van der Waals surface area contributed by atoms with Gasteiger partial charge in [0.2, 0.25) is 5.91 Å². The average Bonchev–Trinajstić information content (AvgIpc) is 2.44. The van der Waals surface area contributed by atoms with Gasteiger partial charge in [-0.3, -0.25) is 4.79 Å². The zero-order valence-electron chi connectivity index (χ0n) is 11.4. The van der Waals surface area contributed by atoms with Gasteiger partial charge in [-0.1, -0.05) is 28.1 Å². The molecule has 2 nitrogen and oxygen atoms in total. The molecule has 5 heteroatoms. The summed E-state index contributed by atoms with van der Waals surface area (Å²) >= 11 is 3.17. The number of benzene rings is 2. The second kappa shape index (κ2) is 6.80. The predicted molar refractivity (Wildman–Crippen MR) is 82.2 cm³/mol. The molecule has 0 bridgehead atoms. The number of carbonyl (C=O) groups excluding carboxylic acids is 1. The molecule has 0 aliphatic heterocycles. The number of anilines is 1. The first-order valence-electron chi connectivity index (χ1n) is 6.43. The van der Waals surface area contributed by atoms with Gasteiger partial charge in [0.25, 0.3) is 0 Å². The van der Waals surface area contributed by atoms with Crippen molar-refractivity contribution in [3.05, 3.63) is 64.1 Å². The fourth-order valence-electron chi connectivity index (χ4n) is 2.00. The van der Waals surface area contributed by atoms with E-state index in [9.17, 15) is 13.6 Å². The molecule has 0 aliphatic carbocycles. The van der Waals surface area contributed by atoms with E-state index >= 15 is 0 Å². The van der Waals surface area contributed by atoms with Gasteiger partial charge in [0.05, 0.1) is 5.69 Å². The van der Waals surface area contributed by atoms with Crippen LogP contribution in [0.4, 0.5) is 14.5 Å². The van der Waals surface area contributed by atoms with Gasteiger partial charge in [-0.2, -0.15) is 0 Å². The quantitative estimate of drug-likeness (QED) is 0.801. The Morgan fingerprint density at radius 2 is 1.95 bits per heavy atom.